The van der Waals surface area contributed by atoms with Crippen LogP contribution in [0.3, 0.4) is 0 Å². The largest absolute Gasteiger partial charge is 0.329 e. The Hall–Kier alpha value is -2.08. The molecule has 2 unspecified atom stereocenters. The summed E-state index contributed by atoms with van der Waals surface area (Å²) >= 11 is 0. The first-order valence-electron chi connectivity index (χ1n) is 7.31. The molecule has 108 valence electrons. The second-order valence-electron chi connectivity index (χ2n) is 5.91. The molecule has 4 rings (SSSR count). The van der Waals surface area contributed by atoms with Crippen molar-refractivity contribution < 1.29 is 4.79 Å². The number of likely N-dealkylation sites (tertiary alicyclic amines) is 1. The SMILES string of the molecule is CN1CC2CCC(C1)N2C(=O)c1ccc2nccnc2n1. The van der Waals surface area contributed by atoms with Gasteiger partial charge in [-0.1, -0.05) is 0 Å². The predicted molar refractivity (Wildman–Crippen MR) is 77.8 cm³/mol. The molecule has 0 N–H and O–H groups in total. The van der Waals surface area contributed by atoms with Crippen molar-refractivity contribution in [3.05, 3.63) is 30.2 Å². The number of pyridine rings is 1. The van der Waals surface area contributed by atoms with E-state index in [9.17, 15) is 4.79 Å². The second-order valence-corrected chi connectivity index (χ2v) is 5.91. The maximum atomic E-state index is 12.8. The Bertz CT molecular complexity index is 689. The van der Waals surface area contributed by atoms with Crippen molar-refractivity contribution in [3.63, 3.8) is 0 Å². The molecule has 6 heteroatoms. The molecule has 2 aromatic heterocycles. The van der Waals surface area contributed by atoms with Crippen molar-refractivity contribution in [3.8, 4) is 0 Å². The maximum Gasteiger partial charge on any atom is 0.273 e. The molecule has 2 bridgehead atoms. The zero-order chi connectivity index (χ0) is 14.4. The monoisotopic (exact) mass is 283 g/mol. The van der Waals surface area contributed by atoms with Gasteiger partial charge in [0.25, 0.3) is 5.91 Å². The summed E-state index contributed by atoms with van der Waals surface area (Å²) in [5.74, 6) is 0.0307. The number of rotatable bonds is 1. The molecular formula is C15H17N5O. The summed E-state index contributed by atoms with van der Waals surface area (Å²) in [6.45, 7) is 1.91. The van der Waals surface area contributed by atoms with Gasteiger partial charge >= 0.3 is 0 Å². The quantitative estimate of drug-likeness (QED) is 0.779. The maximum absolute atomic E-state index is 12.8. The van der Waals surface area contributed by atoms with E-state index < -0.39 is 0 Å². The fourth-order valence-corrected chi connectivity index (χ4v) is 3.55. The standard InChI is InChI=1S/C15H17N5O/c1-19-8-10-2-3-11(9-19)20(10)15(21)13-5-4-12-14(18-13)17-7-6-16-12/h4-7,10-11H,2-3,8-9H2,1H3. The van der Waals surface area contributed by atoms with Crippen LogP contribution in [0.5, 0.6) is 0 Å². The number of likely N-dealkylation sites (N-methyl/N-ethyl adjacent to an activating group) is 1. The van der Waals surface area contributed by atoms with Crippen LogP contribution in [0.25, 0.3) is 11.2 Å². The normalized spacial score (nSPS) is 25.5. The van der Waals surface area contributed by atoms with Crippen LogP contribution < -0.4 is 0 Å². The van der Waals surface area contributed by atoms with E-state index in [0.29, 0.717) is 23.4 Å². The lowest BCUT2D eigenvalue weighted by Gasteiger charge is -2.39. The van der Waals surface area contributed by atoms with E-state index in [2.05, 4.69) is 26.9 Å². The topological polar surface area (TPSA) is 62.2 Å². The molecule has 0 radical (unpaired) electrons. The Kier molecular flexibility index (Phi) is 2.85. The van der Waals surface area contributed by atoms with Crippen molar-refractivity contribution in [2.45, 2.75) is 24.9 Å². The average molecular weight is 283 g/mol. The number of amides is 1. The number of fused-ring (bicyclic) bond motifs is 3. The van der Waals surface area contributed by atoms with Crippen LogP contribution >= 0.6 is 0 Å². The van der Waals surface area contributed by atoms with Crippen molar-refractivity contribution in [1.29, 1.82) is 0 Å². The summed E-state index contributed by atoms with van der Waals surface area (Å²) in [5, 5.41) is 0. The summed E-state index contributed by atoms with van der Waals surface area (Å²) in [6, 6.07) is 4.22. The molecule has 2 saturated heterocycles. The van der Waals surface area contributed by atoms with E-state index in [1.54, 1.807) is 18.5 Å². The van der Waals surface area contributed by atoms with Gasteiger partial charge in [-0.2, -0.15) is 0 Å². The number of carbonyl (C=O) groups excluding carboxylic acids is 1. The number of aromatic nitrogens is 3. The van der Waals surface area contributed by atoms with E-state index in [4.69, 9.17) is 0 Å². The van der Waals surface area contributed by atoms with Gasteiger partial charge in [-0.25, -0.2) is 9.97 Å². The predicted octanol–water partition coefficient (Wildman–Crippen LogP) is 0.943. The molecule has 0 spiro atoms. The van der Waals surface area contributed by atoms with Gasteiger partial charge < -0.3 is 9.80 Å². The Labute approximate surface area is 122 Å². The summed E-state index contributed by atoms with van der Waals surface area (Å²) in [6.07, 6.45) is 5.41. The third-order valence-electron chi connectivity index (χ3n) is 4.45. The van der Waals surface area contributed by atoms with E-state index in [1.807, 2.05) is 11.0 Å². The Balaban J connectivity index is 1.67. The van der Waals surface area contributed by atoms with Crippen LogP contribution in [0.15, 0.2) is 24.5 Å². The lowest BCUT2D eigenvalue weighted by molar-refractivity contribution is 0.0467. The summed E-state index contributed by atoms with van der Waals surface area (Å²) in [7, 11) is 2.12. The first kappa shape index (κ1) is 12.6. The number of hydrogen-bond acceptors (Lipinski definition) is 5. The van der Waals surface area contributed by atoms with Gasteiger partial charge in [0.1, 0.15) is 11.2 Å². The van der Waals surface area contributed by atoms with Gasteiger partial charge in [0.2, 0.25) is 0 Å². The highest BCUT2D eigenvalue weighted by molar-refractivity contribution is 5.94. The molecular weight excluding hydrogens is 266 g/mol. The molecule has 2 atom stereocenters. The van der Waals surface area contributed by atoms with Gasteiger partial charge in [0, 0.05) is 37.6 Å². The number of nitrogens with zero attached hydrogens (tertiary/aromatic N) is 5. The fraction of sp³-hybridized carbons (Fsp3) is 0.467. The van der Waals surface area contributed by atoms with Crippen molar-refractivity contribution in [2.24, 2.45) is 0 Å². The average Bonchev–Trinajstić information content (AvgIpc) is 2.78. The molecule has 6 nitrogen and oxygen atoms in total. The van der Waals surface area contributed by atoms with Crippen LogP contribution in [0, 0.1) is 0 Å². The minimum Gasteiger partial charge on any atom is -0.329 e. The minimum atomic E-state index is 0.0307. The van der Waals surface area contributed by atoms with Gasteiger partial charge in [0.15, 0.2) is 5.65 Å². The van der Waals surface area contributed by atoms with Crippen molar-refractivity contribution in [2.75, 3.05) is 20.1 Å². The van der Waals surface area contributed by atoms with Crippen molar-refractivity contribution >= 4 is 17.1 Å². The third kappa shape index (κ3) is 2.06. The highest BCUT2D eigenvalue weighted by atomic mass is 16.2. The molecule has 0 aromatic carbocycles. The second kappa shape index (κ2) is 4.73. The van der Waals surface area contributed by atoms with Crippen LogP contribution in [-0.2, 0) is 0 Å². The highest BCUT2D eigenvalue weighted by Gasteiger charge is 2.42. The van der Waals surface area contributed by atoms with Crippen LogP contribution in [0.4, 0.5) is 0 Å². The van der Waals surface area contributed by atoms with Crippen molar-refractivity contribution in [1.82, 2.24) is 24.8 Å². The van der Waals surface area contributed by atoms with Gasteiger partial charge in [0.05, 0.1) is 0 Å². The van der Waals surface area contributed by atoms with E-state index in [1.165, 1.54) is 0 Å². The van der Waals surface area contributed by atoms with E-state index >= 15 is 0 Å². The van der Waals surface area contributed by atoms with Gasteiger partial charge in [-0.05, 0) is 32.0 Å². The Morgan fingerprint density at radius 2 is 1.86 bits per heavy atom. The highest BCUT2D eigenvalue weighted by Crippen LogP contribution is 2.30. The Morgan fingerprint density at radius 1 is 1.14 bits per heavy atom. The zero-order valence-electron chi connectivity index (χ0n) is 11.9. The minimum absolute atomic E-state index is 0.0307. The summed E-state index contributed by atoms with van der Waals surface area (Å²) in [4.78, 5) is 29.9. The summed E-state index contributed by atoms with van der Waals surface area (Å²) < 4.78 is 0. The molecule has 2 fully saturated rings. The number of piperazine rings is 1. The molecule has 4 heterocycles. The zero-order valence-corrected chi connectivity index (χ0v) is 11.9. The lowest BCUT2D eigenvalue weighted by atomic mass is 10.1. The first-order valence-corrected chi connectivity index (χ1v) is 7.31. The molecule has 2 aliphatic rings. The van der Waals surface area contributed by atoms with Gasteiger partial charge in [-0.3, -0.25) is 9.78 Å². The number of hydrogen-bond donors (Lipinski definition) is 0. The summed E-state index contributed by atoms with van der Waals surface area (Å²) in [5.41, 5.74) is 1.73. The third-order valence-corrected chi connectivity index (χ3v) is 4.45. The molecule has 2 aliphatic heterocycles. The van der Waals surface area contributed by atoms with Crippen LogP contribution in [0.2, 0.25) is 0 Å². The molecule has 21 heavy (non-hydrogen) atoms. The van der Waals surface area contributed by atoms with E-state index in [-0.39, 0.29) is 5.91 Å². The molecule has 0 aliphatic carbocycles. The molecule has 1 amide bonds. The fourth-order valence-electron chi connectivity index (χ4n) is 3.55. The Morgan fingerprint density at radius 3 is 2.62 bits per heavy atom. The molecule has 0 saturated carbocycles. The van der Waals surface area contributed by atoms with Crippen LogP contribution in [0.1, 0.15) is 23.3 Å². The van der Waals surface area contributed by atoms with Crippen LogP contribution in [-0.4, -0.2) is 62.9 Å². The van der Waals surface area contributed by atoms with Gasteiger partial charge in [-0.15, -0.1) is 0 Å². The first-order chi connectivity index (χ1) is 10.2. The lowest BCUT2D eigenvalue weighted by Crippen LogP contribution is -2.54. The molecule has 2 aromatic rings. The number of carbonyl (C=O) groups is 1. The smallest absolute Gasteiger partial charge is 0.273 e. The van der Waals surface area contributed by atoms with E-state index in [0.717, 1.165) is 31.4 Å².